The molecule has 0 saturated carbocycles. The summed E-state index contributed by atoms with van der Waals surface area (Å²) >= 11 is 0. The van der Waals surface area contributed by atoms with Crippen molar-refractivity contribution in [2.75, 3.05) is 13.2 Å². The van der Waals surface area contributed by atoms with Crippen LogP contribution in [0.3, 0.4) is 0 Å². The number of hydrogen-bond donors (Lipinski definition) is 0. The van der Waals surface area contributed by atoms with Crippen molar-refractivity contribution in [3.05, 3.63) is 62.4 Å². The molecule has 16 heteroatoms. The van der Waals surface area contributed by atoms with Gasteiger partial charge >= 0.3 is 18.0 Å². The number of aryl methyl sites for hydroxylation is 2. The molecule has 3 rings (SSSR count). The molecular formula is C29H39FN2O12S. The number of halogens is 1. The Morgan fingerprint density at radius 2 is 1.53 bits per heavy atom. The lowest BCUT2D eigenvalue weighted by Gasteiger charge is -2.24. The Bertz CT molecular complexity index is 1600. The van der Waals surface area contributed by atoms with E-state index in [-0.39, 0.29) is 10.5 Å². The van der Waals surface area contributed by atoms with Crippen LogP contribution in [0.25, 0.3) is 0 Å². The molecule has 45 heavy (non-hydrogen) atoms. The molecule has 1 aliphatic rings. The molecule has 0 aliphatic carbocycles. The van der Waals surface area contributed by atoms with Crippen LogP contribution in [-0.4, -0.2) is 72.7 Å². The number of benzene rings is 1. The minimum atomic E-state index is -4.20. The van der Waals surface area contributed by atoms with Crippen LogP contribution < -0.4 is 11.2 Å². The first-order valence-electron chi connectivity index (χ1n) is 14.0. The second-order valence-electron chi connectivity index (χ2n) is 12.4. The van der Waals surface area contributed by atoms with Crippen LogP contribution in [0.15, 0.2) is 44.9 Å². The van der Waals surface area contributed by atoms with Crippen LogP contribution >= 0.6 is 0 Å². The molecule has 1 fully saturated rings. The molecule has 0 amide bonds. The third-order valence-electron chi connectivity index (χ3n) is 6.15. The number of hydrogen-bond acceptors (Lipinski definition) is 12. The SMILES string of the molecule is Cc1ccc(S(=O)(=O)OCCn2c(=O)c(C)cn([C@@H]3O[C@H](COC(=O)OC(C)(C)C)[C@H](OC(=O)OC(C)(C)C)C3F)c2=O)cc1. The van der Waals surface area contributed by atoms with Crippen LogP contribution in [0.1, 0.15) is 58.9 Å². The molecule has 4 atom stereocenters. The van der Waals surface area contributed by atoms with Crippen LogP contribution in [0.5, 0.6) is 0 Å². The summed E-state index contributed by atoms with van der Waals surface area (Å²) in [4.78, 5) is 50.7. The molecular weight excluding hydrogens is 619 g/mol. The van der Waals surface area contributed by atoms with Gasteiger partial charge in [-0.1, -0.05) is 17.7 Å². The molecule has 0 radical (unpaired) electrons. The summed E-state index contributed by atoms with van der Waals surface area (Å²) in [5.41, 5.74) is -2.88. The lowest BCUT2D eigenvalue weighted by atomic mass is 10.1. The topological polar surface area (TPSA) is 168 Å². The molecule has 2 heterocycles. The molecule has 1 aromatic heterocycles. The standard InChI is InChI=1S/C29H39FN2O12S/c1-17-9-11-19(12-10-17)45(37,38)40-14-13-31-23(33)18(2)15-32(25(31)34)24-21(30)22(42-27(36)44-29(6,7)8)20(41-24)16-39-26(35)43-28(3,4)5/h9-12,15,20-22,24H,13-14,16H2,1-8H3/t20-,21?,22+,24-/m1/s1. The number of aromatic nitrogens is 2. The van der Waals surface area contributed by atoms with Crippen molar-refractivity contribution < 1.29 is 50.3 Å². The monoisotopic (exact) mass is 658 g/mol. The van der Waals surface area contributed by atoms with Gasteiger partial charge in [-0.2, -0.15) is 8.42 Å². The summed E-state index contributed by atoms with van der Waals surface area (Å²) in [6, 6.07) is 5.88. The first-order chi connectivity index (χ1) is 20.7. The second-order valence-corrected chi connectivity index (χ2v) is 14.0. The maximum Gasteiger partial charge on any atom is 0.509 e. The van der Waals surface area contributed by atoms with E-state index in [0.717, 1.165) is 16.3 Å². The zero-order valence-electron chi connectivity index (χ0n) is 26.4. The van der Waals surface area contributed by atoms with Crippen molar-refractivity contribution in [1.82, 2.24) is 9.13 Å². The Morgan fingerprint density at radius 3 is 2.11 bits per heavy atom. The van der Waals surface area contributed by atoms with E-state index < -0.39 is 89.2 Å². The highest BCUT2D eigenvalue weighted by atomic mass is 32.2. The molecule has 1 aromatic carbocycles. The van der Waals surface area contributed by atoms with Gasteiger partial charge in [0.05, 0.1) is 18.0 Å². The molecule has 250 valence electrons. The Labute approximate surface area is 260 Å². The highest BCUT2D eigenvalue weighted by Gasteiger charge is 2.50. The first-order valence-corrected chi connectivity index (χ1v) is 15.4. The smallest absolute Gasteiger partial charge is 0.431 e. The number of ether oxygens (including phenoxy) is 5. The fraction of sp³-hybridized carbons (Fsp3) is 0.586. The van der Waals surface area contributed by atoms with Crippen molar-refractivity contribution in [2.45, 2.75) is 103 Å². The molecule has 0 spiro atoms. The molecule has 1 aliphatic heterocycles. The fourth-order valence-corrected chi connectivity index (χ4v) is 5.06. The Hall–Kier alpha value is -3.76. The van der Waals surface area contributed by atoms with Crippen LogP contribution in [0.2, 0.25) is 0 Å². The Balaban J connectivity index is 1.87. The van der Waals surface area contributed by atoms with E-state index in [1.807, 2.05) is 0 Å². The van der Waals surface area contributed by atoms with Gasteiger partial charge in [-0.3, -0.25) is 18.1 Å². The Morgan fingerprint density at radius 1 is 0.956 bits per heavy atom. The number of alkyl halides is 1. The summed E-state index contributed by atoms with van der Waals surface area (Å²) in [5.74, 6) is 0. The van der Waals surface area contributed by atoms with Crippen molar-refractivity contribution in [3.8, 4) is 0 Å². The molecule has 0 N–H and O–H groups in total. The predicted octanol–water partition coefficient (Wildman–Crippen LogP) is 3.54. The van der Waals surface area contributed by atoms with Crippen LogP contribution in [-0.2, 0) is 44.5 Å². The van der Waals surface area contributed by atoms with Gasteiger partial charge in [-0.25, -0.2) is 18.8 Å². The molecule has 1 saturated heterocycles. The largest absolute Gasteiger partial charge is 0.509 e. The zero-order valence-corrected chi connectivity index (χ0v) is 27.2. The molecule has 0 bridgehead atoms. The number of carbonyl (C=O) groups excluding carboxylic acids is 2. The summed E-state index contributed by atoms with van der Waals surface area (Å²) in [7, 11) is -4.20. The second kappa shape index (κ2) is 13.7. The first kappa shape index (κ1) is 35.7. The summed E-state index contributed by atoms with van der Waals surface area (Å²) in [6.07, 6.45) is -8.34. The van der Waals surface area contributed by atoms with E-state index in [0.29, 0.717) is 4.57 Å². The van der Waals surface area contributed by atoms with E-state index in [2.05, 4.69) is 0 Å². The minimum Gasteiger partial charge on any atom is -0.431 e. The van der Waals surface area contributed by atoms with Crippen LogP contribution in [0, 0.1) is 13.8 Å². The van der Waals surface area contributed by atoms with Crippen molar-refractivity contribution in [3.63, 3.8) is 0 Å². The molecule has 14 nitrogen and oxygen atoms in total. The average molecular weight is 659 g/mol. The predicted molar refractivity (Wildman–Crippen MR) is 156 cm³/mol. The zero-order chi connectivity index (χ0) is 33.9. The summed E-state index contributed by atoms with van der Waals surface area (Å²) < 4.78 is 73.8. The lowest BCUT2D eigenvalue weighted by Crippen LogP contribution is -2.44. The average Bonchev–Trinajstić information content (AvgIpc) is 3.19. The van der Waals surface area contributed by atoms with E-state index >= 15 is 4.39 Å². The van der Waals surface area contributed by atoms with E-state index in [1.165, 1.54) is 19.1 Å². The van der Waals surface area contributed by atoms with Gasteiger partial charge in [0.25, 0.3) is 15.7 Å². The van der Waals surface area contributed by atoms with Gasteiger partial charge in [0, 0.05) is 11.8 Å². The number of nitrogens with zero attached hydrogens (tertiary/aromatic N) is 2. The fourth-order valence-electron chi connectivity index (χ4n) is 4.16. The van der Waals surface area contributed by atoms with E-state index in [4.69, 9.17) is 27.9 Å². The maximum atomic E-state index is 16.0. The summed E-state index contributed by atoms with van der Waals surface area (Å²) in [6.45, 7) is 10.9. The normalized spacial score (nSPS) is 20.5. The highest BCUT2D eigenvalue weighted by Crippen LogP contribution is 2.34. The van der Waals surface area contributed by atoms with Crippen LogP contribution in [0.4, 0.5) is 14.0 Å². The van der Waals surface area contributed by atoms with Gasteiger partial charge in [0.2, 0.25) is 0 Å². The van der Waals surface area contributed by atoms with Gasteiger partial charge < -0.3 is 23.7 Å². The maximum absolute atomic E-state index is 16.0. The lowest BCUT2D eigenvalue weighted by molar-refractivity contribution is -0.0824. The Kier molecular flexibility index (Phi) is 10.9. The van der Waals surface area contributed by atoms with Gasteiger partial charge in [0.1, 0.15) is 23.9 Å². The van der Waals surface area contributed by atoms with Gasteiger partial charge in [-0.15, -0.1) is 0 Å². The van der Waals surface area contributed by atoms with E-state index in [1.54, 1.807) is 60.6 Å². The number of carbonyl (C=O) groups is 2. The molecule has 2 aromatic rings. The summed E-state index contributed by atoms with van der Waals surface area (Å²) in [5, 5.41) is 0. The third-order valence-corrected chi connectivity index (χ3v) is 7.47. The van der Waals surface area contributed by atoms with E-state index in [9.17, 15) is 27.6 Å². The highest BCUT2D eigenvalue weighted by molar-refractivity contribution is 7.86. The molecule has 1 unspecified atom stereocenters. The van der Waals surface area contributed by atoms with Gasteiger partial charge in [0.15, 0.2) is 18.5 Å². The van der Waals surface area contributed by atoms with Gasteiger partial charge in [-0.05, 0) is 67.5 Å². The minimum absolute atomic E-state index is 0.00939. The van der Waals surface area contributed by atoms with Crippen molar-refractivity contribution in [2.24, 2.45) is 0 Å². The third kappa shape index (κ3) is 9.61. The van der Waals surface area contributed by atoms with Crippen molar-refractivity contribution in [1.29, 1.82) is 0 Å². The van der Waals surface area contributed by atoms with Crippen molar-refractivity contribution >= 4 is 22.4 Å². The number of rotatable bonds is 9. The quantitative estimate of drug-likeness (QED) is 0.284.